The van der Waals surface area contributed by atoms with Gasteiger partial charge in [-0.05, 0) is 25.7 Å². The molecule has 7 nitrogen and oxygen atoms in total. The average molecular weight is 354 g/mol. The predicted molar refractivity (Wildman–Crippen MR) is 98.8 cm³/mol. The molecule has 0 spiro atoms. The molecule has 0 aromatic carbocycles. The van der Waals surface area contributed by atoms with Crippen LogP contribution in [0.1, 0.15) is 33.6 Å². The van der Waals surface area contributed by atoms with E-state index in [1.54, 1.807) is 0 Å². The van der Waals surface area contributed by atoms with Gasteiger partial charge in [0.25, 0.3) is 5.91 Å². The zero-order valence-corrected chi connectivity index (χ0v) is 16.0. The lowest BCUT2D eigenvalue weighted by Crippen LogP contribution is -2.55. The molecule has 1 atom stereocenters. The highest BCUT2D eigenvalue weighted by molar-refractivity contribution is 5.82. The number of carbonyl (C=O) groups is 1. The van der Waals surface area contributed by atoms with Gasteiger partial charge in [-0.1, -0.05) is 13.8 Å². The third-order valence-corrected chi connectivity index (χ3v) is 4.38. The van der Waals surface area contributed by atoms with Gasteiger partial charge < -0.3 is 24.6 Å². The zero-order chi connectivity index (χ0) is 18.1. The fourth-order valence-electron chi connectivity index (χ4n) is 3.08. The van der Waals surface area contributed by atoms with E-state index in [0.717, 1.165) is 58.1 Å². The van der Waals surface area contributed by atoms with Gasteiger partial charge in [-0.25, -0.2) is 0 Å². The summed E-state index contributed by atoms with van der Waals surface area (Å²) in [6, 6.07) is 0. The predicted octanol–water partition coefficient (Wildman–Crippen LogP) is 0.948. The number of guanidine groups is 1. The summed E-state index contributed by atoms with van der Waals surface area (Å²) in [4.78, 5) is 21.2. The lowest BCUT2D eigenvalue weighted by atomic mass is 10.2. The number of nitrogens with one attached hydrogen (secondary N) is 1. The van der Waals surface area contributed by atoms with E-state index >= 15 is 0 Å². The highest BCUT2D eigenvalue weighted by Crippen LogP contribution is 2.16. The Morgan fingerprint density at radius 2 is 2.00 bits per heavy atom. The molecule has 2 rings (SSSR count). The maximum atomic E-state index is 12.4. The first-order chi connectivity index (χ1) is 12.1. The van der Waals surface area contributed by atoms with Crippen molar-refractivity contribution >= 4 is 11.9 Å². The third kappa shape index (κ3) is 6.47. The number of hydrogen-bond donors (Lipinski definition) is 1. The Bertz CT molecular complexity index is 428. The van der Waals surface area contributed by atoms with Gasteiger partial charge in [0.15, 0.2) is 5.96 Å². The van der Waals surface area contributed by atoms with Crippen molar-refractivity contribution in [2.24, 2.45) is 10.9 Å². The molecule has 7 heteroatoms. The van der Waals surface area contributed by atoms with Gasteiger partial charge in [0.1, 0.15) is 6.10 Å². The lowest BCUT2D eigenvalue weighted by molar-refractivity contribution is -0.142. The van der Waals surface area contributed by atoms with E-state index in [1.807, 2.05) is 4.90 Å². The Labute approximate surface area is 151 Å². The van der Waals surface area contributed by atoms with Gasteiger partial charge in [0.2, 0.25) is 0 Å². The minimum absolute atomic E-state index is 0.154. The molecule has 0 saturated carbocycles. The Hall–Kier alpha value is -1.34. The molecule has 0 radical (unpaired) electrons. The van der Waals surface area contributed by atoms with E-state index in [9.17, 15) is 4.79 Å². The summed E-state index contributed by atoms with van der Waals surface area (Å²) >= 11 is 0. The Balaban J connectivity index is 1.77. The molecule has 2 fully saturated rings. The number of hydrogen-bond acceptors (Lipinski definition) is 4. The minimum Gasteiger partial charge on any atom is -0.379 e. The first-order valence-electron chi connectivity index (χ1n) is 9.63. The summed E-state index contributed by atoms with van der Waals surface area (Å²) in [5.74, 6) is 1.62. The van der Waals surface area contributed by atoms with Crippen LogP contribution in [0, 0.1) is 5.92 Å². The smallest absolute Gasteiger partial charge is 0.251 e. The molecule has 25 heavy (non-hydrogen) atoms. The Kier molecular flexibility index (Phi) is 8.48. The normalized spacial score (nSPS) is 21.9. The van der Waals surface area contributed by atoms with Crippen LogP contribution in [0.4, 0.5) is 0 Å². The first-order valence-corrected chi connectivity index (χ1v) is 9.63. The molecular formula is C18H34N4O3. The standard InChI is InChI=1S/C18H34N4O3/c1-4-19-18(20-7-13-24-14-15(2)3)22-10-8-21(9-11-22)17(23)16-6-5-12-25-16/h15-16H,4-14H2,1-3H3,(H,19,20). The molecule has 0 aromatic heterocycles. The van der Waals surface area contributed by atoms with Crippen LogP contribution in [0.15, 0.2) is 4.99 Å². The average Bonchev–Trinajstić information content (AvgIpc) is 3.14. The number of nitrogens with zero attached hydrogens (tertiary/aromatic N) is 3. The fraction of sp³-hybridized carbons (Fsp3) is 0.889. The summed E-state index contributed by atoms with van der Waals surface area (Å²) in [6.45, 7) is 13.0. The van der Waals surface area contributed by atoms with E-state index in [4.69, 9.17) is 9.47 Å². The van der Waals surface area contributed by atoms with Gasteiger partial charge >= 0.3 is 0 Å². The van der Waals surface area contributed by atoms with Crippen LogP contribution in [0.2, 0.25) is 0 Å². The molecule has 0 aromatic rings. The van der Waals surface area contributed by atoms with Crippen LogP contribution in [0.3, 0.4) is 0 Å². The van der Waals surface area contributed by atoms with Crippen molar-refractivity contribution in [1.82, 2.24) is 15.1 Å². The van der Waals surface area contributed by atoms with Crippen molar-refractivity contribution in [2.75, 3.05) is 59.1 Å². The van der Waals surface area contributed by atoms with E-state index in [-0.39, 0.29) is 12.0 Å². The molecule has 2 aliphatic heterocycles. The van der Waals surface area contributed by atoms with Crippen LogP contribution in [-0.4, -0.2) is 86.9 Å². The number of carbonyl (C=O) groups excluding carboxylic acids is 1. The molecule has 2 heterocycles. The largest absolute Gasteiger partial charge is 0.379 e. The van der Waals surface area contributed by atoms with Crippen LogP contribution in [0.25, 0.3) is 0 Å². The second-order valence-electron chi connectivity index (χ2n) is 7.02. The quantitative estimate of drug-likeness (QED) is 0.419. The van der Waals surface area contributed by atoms with Gasteiger partial charge in [-0.3, -0.25) is 9.79 Å². The fourth-order valence-corrected chi connectivity index (χ4v) is 3.08. The topological polar surface area (TPSA) is 66.4 Å². The van der Waals surface area contributed by atoms with Gasteiger partial charge in [-0.15, -0.1) is 0 Å². The lowest BCUT2D eigenvalue weighted by Gasteiger charge is -2.37. The summed E-state index contributed by atoms with van der Waals surface area (Å²) in [5, 5.41) is 3.34. The first kappa shape index (κ1) is 20.0. The molecule has 144 valence electrons. The number of ether oxygens (including phenoxy) is 2. The number of rotatable bonds is 7. The van der Waals surface area contributed by atoms with Gasteiger partial charge in [0.05, 0.1) is 13.2 Å². The van der Waals surface area contributed by atoms with E-state index in [1.165, 1.54) is 0 Å². The van der Waals surface area contributed by atoms with E-state index in [2.05, 4.69) is 36.0 Å². The number of amides is 1. The summed E-state index contributed by atoms with van der Waals surface area (Å²) in [7, 11) is 0. The molecule has 0 aliphatic carbocycles. The van der Waals surface area contributed by atoms with Crippen LogP contribution in [-0.2, 0) is 14.3 Å². The molecule has 0 bridgehead atoms. The number of aliphatic imine (C=N–C) groups is 1. The van der Waals surface area contributed by atoms with Crippen molar-refractivity contribution in [2.45, 2.75) is 39.7 Å². The summed E-state index contributed by atoms with van der Waals surface area (Å²) in [5.41, 5.74) is 0. The molecule has 1 amide bonds. The number of piperazine rings is 1. The molecule has 1 unspecified atom stereocenters. The molecule has 1 N–H and O–H groups in total. The highest BCUT2D eigenvalue weighted by atomic mass is 16.5. The van der Waals surface area contributed by atoms with Crippen molar-refractivity contribution in [3.63, 3.8) is 0 Å². The molecular weight excluding hydrogens is 320 g/mol. The molecule has 2 aliphatic rings. The van der Waals surface area contributed by atoms with Crippen LogP contribution < -0.4 is 5.32 Å². The monoisotopic (exact) mass is 354 g/mol. The zero-order valence-electron chi connectivity index (χ0n) is 16.0. The Morgan fingerprint density at radius 1 is 1.28 bits per heavy atom. The molecule has 2 saturated heterocycles. The highest BCUT2D eigenvalue weighted by Gasteiger charge is 2.30. The third-order valence-electron chi connectivity index (χ3n) is 4.38. The van der Waals surface area contributed by atoms with Crippen molar-refractivity contribution < 1.29 is 14.3 Å². The second kappa shape index (κ2) is 10.6. The van der Waals surface area contributed by atoms with Crippen molar-refractivity contribution in [3.8, 4) is 0 Å². The van der Waals surface area contributed by atoms with Crippen molar-refractivity contribution in [1.29, 1.82) is 0 Å². The van der Waals surface area contributed by atoms with E-state index < -0.39 is 0 Å². The maximum absolute atomic E-state index is 12.4. The second-order valence-corrected chi connectivity index (χ2v) is 7.02. The van der Waals surface area contributed by atoms with Crippen LogP contribution in [0.5, 0.6) is 0 Å². The minimum atomic E-state index is -0.216. The van der Waals surface area contributed by atoms with Gasteiger partial charge in [0, 0.05) is 45.9 Å². The van der Waals surface area contributed by atoms with Gasteiger partial charge in [-0.2, -0.15) is 0 Å². The summed E-state index contributed by atoms with van der Waals surface area (Å²) < 4.78 is 11.1. The summed E-state index contributed by atoms with van der Waals surface area (Å²) in [6.07, 6.45) is 1.64. The maximum Gasteiger partial charge on any atom is 0.251 e. The van der Waals surface area contributed by atoms with Crippen molar-refractivity contribution in [3.05, 3.63) is 0 Å². The Morgan fingerprint density at radius 3 is 2.60 bits per heavy atom. The SMILES string of the molecule is CCNC(=NCCOCC(C)C)N1CCN(C(=O)C2CCCO2)CC1. The van der Waals surface area contributed by atoms with Crippen LogP contribution >= 0.6 is 0 Å². The van der Waals surface area contributed by atoms with E-state index in [0.29, 0.717) is 25.7 Å².